The molecule has 0 aliphatic heterocycles. The van der Waals surface area contributed by atoms with Crippen LogP contribution >= 0.6 is 0 Å². The van der Waals surface area contributed by atoms with Crippen molar-refractivity contribution in [1.82, 2.24) is 0 Å². The van der Waals surface area contributed by atoms with Gasteiger partial charge in [-0.2, -0.15) is 16.8 Å². The fourth-order valence-electron chi connectivity index (χ4n) is 2.32. The second-order valence-corrected chi connectivity index (χ2v) is 8.59. The van der Waals surface area contributed by atoms with E-state index >= 15 is 0 Å². The molecule has 24 heavy (non-hydrogen) atoms. The van der Waals surface area contributed by atoms with Crippen molar-refractivity contribution in [2.45, 2.75) is 34.8 Å². The maximum atomic E-state index is 12.1. The number of rotatable bonds is 6. The minimum atomic E-state index is -3.84. The first-order chi connectivity index (χ1) is 11.4. The summed E-state index contributed by atoms with van der Waals surface area (Å²) in [5, 5.41) is 0. The fraction of sp³-hybridized carbons (Fsp3) is 0.250. The van der Waals surface area contributed by atoms with E-state index in [2.05, 4.69) is 0 Å². The minimum Gasteiger partial charge on any atom is -0.263 e. The van der Waals surface area contributed by atoms with E-state index in [1.54, 1.807) is 36.4 Å². The van der Waals surface area contributed by atoms with Crippen molar-refractivity contribution < 1.29 is 25.2 Å². The van der Waals surface area contributed by atoms with Gasteiger partial charge in [0.1, 0.15) is 0 Å². The third-order valence-corrected chi connectivity index (χ3v) is 6.39. The summed E-state index contributed by atoms with van der Waals surface area (Å²) in [6, 6.07) is 15.6. The maximum absolute atomic E-state index is 12.1. The summed E-state index contributed by atoms with van der Waals surface area (Å²) in [4.78, 5) is 0.151. The Balaban J connectivity index is 1.57. The van der Waals surface area contributed by atoms with E-state index in [-0.39, 0.29) is 22.6 Å². The molecule has 1 saturated carbocycles. The van der Waals surface area contributed by atoms with E-state index in [0.717, 1.165) is 0 Å². The zero-order valence-corrected chi connectivity index (χ0v) is 14.2. The van der Waals surface area contributed by atoms with Crippen LogP contribution in [0.3, 0.4) is 0 Å². The van der Waals surface area contributed by atoms with Crippen LogP contribution in [0, 0.1) is 0 Å². The van der Waals surface area contributed by atoms with Crippen LogP contribution in [-0.4, -0.2) is 29.0 Å². The van der Waals surface area contributed by atoms with Crippen LogP contribution in [0.4, 0.5) is 0 Å². The van der Waals surface area contributed by atoms with Crippen LogP contribution in [-0.2, 0) is 28.6 Å². The summed E-state index contributed by atoms with van der Waals surface area (Å²) < 4.78 is 58.5. The van der Waals surface area contributed by atoms with Crippen LogP contribution in [0.5, 0.6) is 0 Å². The molecule has 0 heterocycles. The average Bonchev–Trinajstić information content (AvgIpc) is 2.54. The van der Waals surface area contributed by atoms with Gasteiger partial charge in [-0.05, 0) is 24.3 Å². The molecule has 2 aromatic rings. The lowest BCUT2D eigenvalue weighted by molar-refractivity contribution is 0.0123. The summed E-state index contributed by atoms with van der Waals surface area (Å²) in [5.41, 5.74) is 0. The van der Waals surface area contributed by atoms with Crippen LogP contribution in [0.1, 0.15) is 12.8 Å². The first-order valence-electron chi connectivity index (χ1n) is 7.33. The SMILES string of the molecule is O=S(=O)(OC1CC(OS(=O)(=O)c2ccccc2)C1)c1ccccc1. The predicted molar refractivity (Wildman–Crippen MR) is 86.2 cm³/mol. The van der Waals surface area contributed by atoms with Crippen molar-refractivity contribution in [2.75, 3.05) is 0 Å². The lowest BCUT2D eigenvalue weighted by atomic mass is 9.93. The van der Waals surface area contributed by atoms with Gasteiger partial charge in [-0.25, -0.2) is 0 Å². The van der Waals surface area contributed by atoms with Crippen molar-refractivity contribution in [3.63, 3.8) is 0 Å². The number of hydrogen-bond donors (Lipinski definition) is 0. The van der Waals surface area contributed by atoms with E-state index in [4.69, 9.17) is 8.37 Å². The third kappa shape index (κ3) is 3.84. The Morgan fingerprint density at radius 2 is 0.958 bits per heavy atom. The molecule has 1 fully saturated rings. The Bertz CT molecular complexity index is 811. The quantitative estimate of drug-likeness (QED) is 0.728. The molecule has 0 bridgehead atoms. The van der Waals surface area contributed by atoms with Crippen LogP contribution in [0.2, 0.25) is 0 Å². The van der Waals surface area contributed by atoms with E-state index in [1.165, 1.54) is 24.3 Å². The monoisotopic (exact) mass is 368 g/mol. The summed E-state index contributed by atoms with van der Waals surface area (Å²) >= 11 is 0. The molecule has 0 amide bonds. The summed E-state index contributed by atoms with van der Waals surface area (Å²) in [6.07, 6.45) is -0.742. The van der Waals surface area contributed by atoms with E-state index in [0.29, 0.717) is 0 Å². The molecule has 6 nitrogen and oxygen atoms in total. The Kier molecular flexibility index (Phi) is 4.73. The van der Waals surface area contributed by atoms with E-state index < -0.39 is 32.4 Å². The van der Waals surface area contributed by atoms with Gasteiger partial charge < -0.3 is 0 Å². The molecule has 0 unspecified atom stereocenters. The molecule has 3 rings (SSSR count). The van der Waals surface area contributed by atoms with Gasteiger partial charge in [0.25, 0.3) is 20.2 Å². The largest absolute Gasteiger partial charge is 0.297 e. The molecule has 2 aromatic carbocycles. The zero-order valence-electron chi connectivity index (χ0n) is 12.6. The normalized spacial score (nSPS) is 21.2. The Morgan fingerprint density at radius 1 is 0.625 bits per heavy atom. The standard InChI is InChI=1S/C16H16O6S2/c17-23(18,15-7-3-1-4-8-15)21-13-11-14(12-13)22-24(19,20)16-9-5-2-6-10-16/h1-10,13-14H,11-12H2. The average molecular weight is 368 g/mol. The summed E-state index contributed by atoms with van der Waals surface area (Å²) in [6.45, 7) is 0. The summed E-state index contributed by atoms with van der Waals surface area (Å²) in [7, 11) is -7.69. The van der Waals surface area contributed by atoms with Gasteiger partial charge in [0.05, 0.1) is 22.0 Å². The molecule has 0 atom stereocenters. The highest BCUT2D eigenvalue weighted by atomic mass is 32.2. The highest BCUT2D eigenvalue weighted by Crippen LogP contribution is 2.31. The fourth-order valence-corrected chi connectivity index (χ4v) is 4.55. The van der Waals surface area contributed by atoms with Crippen molar-refractivity contribution in [1.29, 1.82) is 0 Å². The van der Waals surface area contributed by atoms with Crippen LogP contribution in [0.25, 0.3) is 0 Å². The molecular weight excluding hydrogens is 352 g/mol. The Hall–Kier alpha value is -1.74. The molecule has 0 saturated heterocycles. The second-order valence-electron chi connectivity index (χ2n) is 5.44. The molecule has 1 aliphatic rings. The van der Waals surface area contributed by atoms with Crippen molar-refractivity contribution >= 4 is 20.2 Å². The number of benzene rings is 2. The molecular formula is C16H16O6S2. The third-order valence-electron chi connectivity index (χ3n) is 3.64. The lowest BCUT2D eigenvalue weighted by Crippen LogP contribution is -2.40. The van der Waals surface area contributed by atoms with Gasteiger partial charge in [-0.1, -0.05) is 36.4 Å². The summed E-state index contributed by atoms with van der Waals surface area (Å²) in [5.74, 6) is 0. The Labute approximate surface area is 141 Å². The molecule has 1 aliphatic carbocycles. The van der Waals surface area contributed by atoms with E-state index in [9.17, 15) is 16.8 Å². The maximum Gasteiger partial charge on any atom is 0.297 e. The van der Waals surface area contributed by atoms with Gasteiger partial charge in [0.15, 0.2) is 0 Å². The van der Waals surface area contributed by atoms with Crippen LogP contribution in [0.15, 0.2) is 70.5 Å². The van der Waals surface area contributed by atoms with Gasteiger partial charge >= 0.3 is 0 Å². The number of hydrogen-bond acceptors (Lipinski definition) is 6. The zero-order chi connectivity index (χ0) is 17.2. The molecule has 8 heteroatoms. The molecule has 0 radical (unpaired) electrons. The van der Waals surface area contributed by atoms with Gasteiger partial charge in [-0.3, -0.25) is 8.37 Å². The molecule has 128 valence electrons. The highest BCUT2D eigenvalue weighted by molar-refractivity contribution is 7.87. The minimum absolute atomic E-state index is 0.0753. The van der Waals surface area contributed by atoms with Crippen molar-refractivity contribution in [3.05, 3.63) is 60.7 Å². The lowest BCUT2D eigenvalue weighted by Gasteiger charge is -2.33. The first-order valence-corrected chi connectivity index (χ1v) is 10.2. The molecule has 0 spiro atoms. The molecule has 0 N–H and O–H groups in total. The van der Waals surface area contributed by atoms with Crippen LogP contribution < -0.4 is 0 Å². The topological polar surface area (TPSA) is 86.7 Å². The first kappa shape index (κ1) is 17.1. The predicted octanol–water partition coefficient (Wildman–Crippen LogP) is 2.33. The van der Waals surface area contributed by atoms with E-state index in [1.807, 2.05) is 0 Å². The van der Waals surface area contributed by atoms with Gasteiger partial charge in [0, 0.05) is 12.8 Å². The van der Waals surface area contributed by atoms with Crippen molar-refractivity contribution in [2.24, 2.45) is 0 Å². The highest BCUT2D eigenvalue weighted by Gasteiger charge is 2.38. The molecule has 0 aromatic heterocycles. The smallest absolute Gasteiger partial charge is 0.263 e. The Morgan fingerprint density at radius 3 is 1.29 bits per heavy atom. The van der Waals surface area contributed by atoms with Gasteiger partial charge in [-0.15, -0.1) is 0 Å². The van der Waals surface area contributed by atoms with Crippen molar-refractivity contribution in [3.8, 4) is 0 Å². The van der Waals surface area contributed by atoms with Gasteiger partial charge in [0.2, 0.25) is 0 Å². The second kappa shape index (κ2) is 6.64.